The topological polar surface area (TPSA) is 55.1 Å². The molecule has 0 aliphatic heterocycles. The second-order valence-corrected chi connectivity index (χ2v) is 5.53. The first-order chi connectivity index (χ1) is 7.61. The van der Waals surface area contributed by atoms with E-state index in [0.717, 1.165) is 23.9 Å². The van der Waals surface area contributed by atoms with Gasteiger partial charge in [-0.05, 0) is 53.7 Å². The van der Waals surface area contributed by atoms with Crippen LogP contribution in [-0.4, -0.2) is 12.5 Å². The fraction of sp³-hybridized carbons (Fsp3) is 0.545. The van der Waals surface area contributed by atoms with E-state index in [1.54, 1.807) is 11.3 Å². The summed E-state index contributed by atoms with van der Waals surface area (Å²) >= 11 is 5.26. The van der Waals surface area contributed by atoms with Crippen molar-refractivity contribution in [2.45, 2.75) is 32.2 Å². The summed E-state index contributed by atoms with van der Waals surface area (Å²) in [5.41, 5.74) is 5.07. The first-order valence-corrected chi connectivity index (χ1v) is 7.03. The number of hydrogen-bond acceptors (Lipinski definition) is 3. The van der Waals surface area contributed by atoms with E-state index in [4.69, 9.17) is 5.73 Å². The van der Waals surface area contributed by atoms with Gasteiger partial charge in [-0.15, -0.1) is 11.3 Å². The second-order valence-electron chi connectivity index (χ2n) is 3.73. The maximum atomic E-state index is 10.5. The number of hydrogen-bond donors (Lipinski definition) is 2. The van der Waals surface area contributed by atoms with Crippen LogP contribution >= 0.6 is 27.3 Å². The number of thiophene rings is 1. The standard InChI is InChI=1S/C11H17BrN2OS/c1-8(11-9(12)5-7-16-11)14-6-3-2-4-10(13)15/h5,7-8,14H,2-4,6H2,1H3,(H2,13,15). The number of nitrogens with one attached hydrogen (secondary N) is 1. The second kappa shape index (κ2) is 7.04. The molecule has 0 saturated carbocycles. The Hall–Kier alpha value is -0.390. The van der Waals surface area contributed by atoms with Crippen LogP contribution in [0.5, 0.6) is 0 Å². The number of carbonyl (C=O) groups excluding carboxylic acids is 1. The maximum Gasteiger partial charge on any atom is 0.217 e. The Labute approximate surface area is 109 Å². The molecule has 0 aliphatic carbocycles. The van der Waals surface area contributed by atoms with E-state index >= 15 is 0 Å². The first kappa shape index (κ1) is 13.7. The lowest BCUT2D eigenvalue weighted by Crippen LogP contribution is -2.20. The van der Waals surface area contributed by atoms with Crippen molar-refractivity contribution in [3.8, 4) is 0 Å². The van der Waals surface area contributed by atoms with Crippen molar-refractivity contribution in [2.24, 2.45) is 5.73 Å². The summed E-state index contributed by atoms with van der Waals surface area (Å²) in [5, 5.41) is 5.50. The number of unbranched alkanes of at least 4 members (excludes halogenated alkanes) is 1. The number of rotatable bonds is 7. The number of carbonyl (C=O) groups is 1. The third kappa shape index (κ3) is 4.63. The van der Waals surface area contributed by atoms with Crippen molar-refractivity contribution in [1.82, 2.24) is 5.32 Å². The predicted octanol–water partition coefficient (Wildman–Crippen LogP) is 2.82. The van der Waals surface area contributed by atoms with Crippen molar-refractivity contribution in [3.63, 3.8) is 0 Å². The van der Waals surface area contributed by atoms with Gasteiger partial charge in [0.2, 0.25) is 5.91 Å². The molecule has 1 rings (SSSR count). The first-order valence-electron chi connectivity index (χ1n) is 5.36. The molecule has 0 spiro atoms. The van der Waals surface area contributed by atoms with Gasteiger partial charge < -0.3 is 11.1 Å². The molecule has 1 unspecified atom stereocenters. The number of halogens is 1. The Kier molecular flexibility index (Phi) is 6.01. The molecule has 0 saturated heterocycles. The van der Waals surface area contributed by atoms with Crippen LogP contribution in [0.4, 0.5) is 0 Å². The van der Waals surface area contributed by atoms with Crippen LogP contribution in [0, 0.1) is 0 Å². The molecule has 90 valence electrons. The molecule has 3 N–H and O–H groups in total. The summed E-state index contributed by atoms with van der Waals surface area (Å²) in [5.74, 6) is -0.214. The van der Waals surface area contributed by atoms with Crippen molar-refractivity contribution >= 4 is 33.2 Å². The molecule has 5 heteroatoms. The minimum Gasteiger partial charge on any atom is -0.370 e. The van der Waals surface area contributed by atoms with Gasteiger partial charge in [-0.2, -0.15) is 0 Å². The third-order valence-corrected chi connectivity index (χ3v) is 4.39. The van der Waals surface area contributed by atoms with E-state index < -0.39 is 0 Å². The third-order valence-electron chi connectivity index (χ3n) is 2.34. The van der Waals surface area contributed by atoms with E-state index in [1.165, 1.54) is 4.88 Å². The van der Waals surface area contributed by atoms with Gasteiger partial charge in [0.1, 0.15) is 0 Å². The zero-order valence-electron chi connectivity index (χ0n) is 9.33. The monoisotopic (exact) mass is 304 g/mol. The van der Waals surface area contributed by atoms with Gasteiger partial charge in [0, 0.05) is 21.8 Å². The summed E-state index contributed by atoms with van der Waals surface area (Å²) in [4.78, 5) is 11.8. The fourth-order valence-electron chi connectivity index (χ4n) is 1.45. The van der Waals surface area contributed by atoms with Gasteiger partial charge >= 0.3 is 0 Å². The van der Waals surface area contributed by atoms with Gasteiger partial charge in [-0.3, -0.25) is 4.79 Å². The van der Waals surface area contributed by atoms with Crippen molar-refractivity contribution in [3.05, 3.63) is 20.8 Å². The Bertz CT molecular complexity index is 340. The van der Waals surface area contributed by atoms with Gasteiger partial charge in [0.15, 0.2) is 0 Å². The van der Waals surface area contributed by atoms with Crippen LogP contribution in [0.1, 0.15) is 37.1 Å². The molecule has 0 aliphatic rings. The minimum atomic E-state index is -0.214. The maximum absolute atomic E-state index is 10.5. The van der Waals surface area contributed by atoms with E-state index in [0.29, 0.717) is 12.5 Å². The number of primary amides is 1. The average Bonchev–Trinajstić information content (AvgIpc) is 2.63. The largest absolute Gasteiger partial charge is 0.370 e. The van der Waals surface area contributed by atoms with E-state index in [-0.39, 0.29) is 5.91 Å². The quantitative estimate of drug-likeness (QED) is 0.761. The van der Waals surface area contributed by atoms with Gasteiger partial charge in [-0.25, -0.2) is 0 Å². The van der Waals surface area contributed by atoms with E-state index in [2.05, 4.69) is 39.6 Å². The van der Waals surface area contributed by atoms with Crippen LogP contribution in [0.15, 0.2) is 15.9 Å². The molecule has 1 atom stereocenters. The normalized spacial score (nSPS) is 12.6. The molecule has 0 bridgehead atoms. The van der Waals surface area contributed by atoms with Crippen LogP contribution in [-0.2, 0) is 4.79 Å². The fourth-order valence-corrected chi connectivity index (χ4v) is 3.20. The number of amides is 1. The van der Waals surface area contributed by atoms with E-state index in [9.17, 15) is 4.79 Å². The lowest BCUT2D eigenvalue weighted by Gasteiger charge is -2.12. The molecule has 16 heavy (non-hydrogen) atoms. The van der Waals surface area contributed by atoms with Crippen LogP contribution in [0.25, 0.3) is 0 Å². The van der Waals surface area contributed by atoms with Crippen LogP contribution < -0.4 is 11.1 Å². The van der Waals surface area contributed by atoms with Gasteiger partial charge in [-0.1, -0.05) is 0 Å². The zero-order valence-corrected chi connectivity index (χ0v) is 11.7. The summed E-state index contributed by atoms with van der Waals surface area (Å²) in [6.45, 7) is 3.06. The Balaban J connectivity index is 2.18. The highest BCUT2D eigenvalue weighted by Gasteiger charge is 2.09. The zero-order chi connectivity index (χ0) is 12.0. The lowest BCUT2D eigenvalue weighted by atomic mass is 10.2. The minimum absolute atomic E-state index is 0.214. The molecule has 3 nitrogen and oxygen atoms in total. The van der Waals surface area contributed by atoms with Gasteiger partial charge in [0.05, 0.1) is 0 Å². The Morgan fingerprint density at radius 1 is 1.62 bits per heavy atom. The van der Waals surface area contributed by atoms with Crippen LogP contribution in [0.2, 0.25) is 0 Å². The van der Waals surface area contributed by atoms with Crippen molar-refractivity contribution in [2.75, 3.05) is 6.54 Å². The summed E-state index contributed by atoms with van der Waals surface area (Å²) < 4.78 is 1.16. The SMILES string of the molecule is CC(NCCCCC(N)=O)c1sccc1Br. The average molecular weight is 305 g/mol. The molecular formula is C11H17BrN2OS. The van der Waals surface area contributed by atoms with Crippen molar-refractivity contribution < 1.29 is 4.79 Å². The predicted molar refractivity (Wildman–Crippen MR) is 71.5 cm³/mol. The smallest absolute Gasteiger partial charge is 0.217 e. The molecule has 0 radical (unpaired) electrons. The Morgan fingerprint density at radius 2 is 2.38 bits per heavy atom. The highest BCUT2D eigenvalue weighted by Crippen LogP contribution is 2.28. The van der Waals surface area contributed by atoms with Crippen molar-refractivity contribution in [1.29, 1.82) is 0 Å². The molecule has 0 fully saturated rings. The lowest BCUT2D eigenvalue weighted by molar-refractivity contribution is -0.118. The number of nitrogens with two attached hydrogens (primary N) is 1. The molecule has 1 aromatic rings. The molecule has 1 aromatic heterocycles. The highest BCUT2D eigenvalue weighted by atomic mass is 79.9. The summed E-state index contributed by atoms with van der Waals surface area (Å²) in [7, 11) is 0. The van der Waals surface area contributed by atoms with Gasteiger partial charge in [0.25, 0.3) is 0 Å². The Morgan fingerprint density at radius 3 is 2.94 bits per heavy atom. The van der Waals surface area contributed by atoms with E-state index in [1.807, 2.05) is 0 Å². The highest BCUT2D eigenvalue weighted by molar-refractivity contribution is 9.10. The molecular weight excluding hydrogens is 288 g/mol. The summed E-state index contributed by atoms with van der Waals surface area (Å²) in [6, 6.07) is 2.41. The molecule has 1 heterocycles. The molecule has 0 aromatic carbocycles. The molecule has 1 amide bonds. The summed E-state index contributed by atoms with van der Waals surface area (Å²) in [6.07, 6.45) is 2.33. The van der Waals surface area contributed by atoms with Crippen LogP contribution in [0.3, 0.4) is 0 Å².